The van der Waals surface area contributed by atoms with Crippen LogP contribution in [0.1, 0.15) is 40.4 Å². The van der Waals surface area contributed by atoms with Crippen molar-refractivity contribution in [1.29, 1.82) is 0 Å². The van der Waals surface area contributed by atoms with Gasteiger partial charge in [-0.15, -0.1) is 11.3 Å². The molecule has 1 aromatic heterocycles. The zero-order chi connectivity index (χ0) is 14.0. The van der Waals surface area contributed by atoms with Crippen LogP contribution in [0.3, 0.4) is 0 Å². The van der Waals surface area contributed by atoms with E-state index in [-0.39, 0.29) is 5.91 Å². The Kier molecular flexibility index (Phi) is 4.20. The Hall–Kier alpha value is -1.01. The van der Waals surface area contributed by atoms with Crippen molar-refractivity contribution in [2.45, 2.75) is 38.0 Å². The molecule has 1 aromatic rings. The zero-order valence-corrected chi connectivity index (χ0v) is 12.6. The average Bonchev–Trinajstić information content (AvgIpc) is 2.82. The highest BCUT2D eigenvalue weighted by atomic mass is 32.2. The molecule has 19 heavy (non-hydrogen) atoms. The standard InChI is InChI=1S/C13H17NO3S2/c1-3-13(2,12(16)17)14-11(15)10-6-8-7-18-5-4-9(8)19-10/h6H,3-5,7H2,1-2H3,(H,14,15)(H,16,17). The minimum Gasteiger partial charge on any atom is -0.480 e. The van der Waals surface area contributed by atoms with Crippen molar-refractivity contribution in [2.24, 2.45) is 0 Å². The number of carboxylic acid groups (broad SMARTS) is 1. The second-order valence-corrected chi connectivity index (χ2v) is 7.05. The van der Waals surface area contributed by atoms with E-state index in [2.05, 4.69) is 5.32 Å². The quantitative estimate of drug-likeness (QED) is 0.896. The maximum absolute atomic E-state index is 12.2. The number of hydrogen-bond donors (Lipinski definition) is 2. The number of amides is 1. The summed E-state index contributed by atoms with van der Waals surface area (Å²) in [6, 6.07) is 1.90. The van der Waals surface area contributed by atoms with Gasteiger partial charge in [0.25, 0.3) is 5.91 Å². The summed E-state index contributed by atoms with van der Waals surface area (Å²) < 4.78 is 0. The summed E-state index contributed by atoms with van der Waals surface area (Å²) in [5.74, 6) is 0.760. The van der Waals surface area contributed by atoms with Gasteiger partial charge in [0, 0.05) is 10.6 Å². The van der Waals surface area contributed by atoms with E-state index in [4.69, 9.17) is 0 Å². The van der Waals surface area contributed by atoms with E-state index < -0.39 is 11.5 Å². The van der Waals surface area contributed by atoms with Crippen LogP contribution in [-0.4, -0.2) is 28.3 Å². The summed E-state index contributed by atoms with van der Waals surface area (Å²) in [5.41, 5.74) is 0.0241. The lowest BCUT2D eigenvalue weighted by molar-refractivity contribution is -0.143. The molecule has 1 aliphatic rings. The summed E-state index contributed by atoms with van der Waals surface area (Å²) in [6.45, 7) is 3.29. The number of hydrogen-bond acceptors (Lipinski definition) is 4. The van der Waals surface area contributed by atoms with Crippen LogP contribution in [0.5, 0.6) is 0 Å². The van der Waals surface area contributed by atoms with Gasteiger partial charge in [0.2, 0.25) is 0 Å². The number of fused-ring (bicyclic) bond motifs is 1. The highest BCUT2D eigenvalue weighted by molar-refractivity contribution is 7.98. The second kappa shape index (κ2) is 5.54. The average molecular weight is 299 g/mol. The second-order valence-electron chi connectivity index (χ2n) is 4.81. The summed E-state index contributed by atoms with van der Waals surface area (Å²) >= 11 is 3.35. The number of carboxylic acids is 1. The number of rotatable bonds is 4. The summed E-state index contributed by atoms with van der Waals surface area (Å²) in [4.78, 5) is 25.2. The molecule has 0 spiro atoms. The van der Waals surface area contributed by atoms with Crippen LogP contribution in [0.4, 0.5) is 0 Å². The van der Waals surface area contributed by atoms with Crippen LogP contribution in [-0.2, 0) is 17.0 Å². The minimum absolute atomic E-state index is 0.281. The van der Waals surface area contributed by atoms with Gasteiger partial charge in [0.05, 0.1) is 4.88 Å². The van der Waals surface area contributed by atoms with Crippen molar-refractivity contribution in [1.82, 2.24) is 5.32 Å². The molecule has 0 aromatic carbocycles. The van der Waals surface area contributed by atoms with Crippen molar-refractivity contribution in [3.8, 4) is 0 Å². The molecule has 0 radical (unpaired) electrons. The largest absolute Gasteiger partial charge is 0.480 e. The van der Waals surface area contributed by atoms with E-state index in [9.17, 15) is 14.7 Å². The third kappa shape index (κ3) is 2.95. The van der Waals surface area contributed by atoms with Crippen molar-refractivity contribution in [3.05, 3.63) is 21.4 Å². The van der Waals surface area contributed by atoms with Gasteiger partial charge in [-0.25, -0.2) is 4.79 Å². The van der Waals surface area contributed by atoms with Crippen molar-refractivity contribution in [3.63, 3.8) is 0 Å². The molecule has 104 valence electrons. The number of carbonyl (C=O) groups excluding carboxylic acids is 1. The first-order valence-corrected chi connectivity index (χ1v) is 8.18. The molecular weight excluding hydrogens is 282 g/mol. The molecule has 1 unspecified atom stereocenters. The van der Waals surface area contributed by atoms with Crippen LogP contribution in [0, 0.1) is 0 Å². The molecule has 2 rings (SSSR count). The van der Waals surface area contributed by atoms with Gasteiger partial charge in [0.1, 0.15) is 5.54 Å². The Morgan fingerprint density at radius 1 is 1.53 bits per heavy atom. The summed E-state index contributed by atoms with van der Waals surface area (Å²) in [7, 11) is 0. The number of thiophene rings is 1. The zero-order valence-electron chi connectivity index (χ0n) is 11.0. The molecule has 2 N–H and O–H groups in total. The van der Waals surface area contributed by atoms with E-state index in [0.717, 1.165) is 17.9 Å². The van der Waals surface area contributed by atoms with Crippen molar-refractivity contribution < 1.29 is 14.7 Å². The van der Waals surface area contributed by atoms with E-state index in [1.54, 1.807) is 6.92 Å². The molecule has 4 nitrogen and oxygen atoms in total. The fraction of sp³-hybridized carbons (Fsp3) is 0.538. The molecule has 6 heteroatoms. The van der Waals surface area contributed by atoms with Crippen LogP contribution in [0.15, 0.2) is 6.07 Å². The van der Waals surface area contributed by atoms with Gasteiger partial charge < -0.3 is 10.4 Å². The fourth-order valence-corrected chi connectivity index (χ4v) is 4.13. The lowest BCUT2D eigenvalue weighted by Crippen LogP contribution is -2.51. The normalized spacial score (nSPS) is 17.4. The van der Waals surface area contributed by atoms with E-state index >= 15 is 0 Å². The molecule has 0 saturated carbocycles. The molecule has 1 aliphatic heterocycles. The van der Waals surface area contributed by atoms with Gasteiger partial charge in [-0.1, -0.05) is 6.92 Å². The maximum atomic E-state index is 12.2. The number of aryl methyl sites for hydroxylation is 1. The number of carbonyl (C=O) groups is 2. The molecule has 0 fully saturated rings. The molecule has 1 amide bonds. The first-order chi connectivity index (χ1) is 8.96. The molecule has 2 heterocycles. The molecule has 0 bridgehead atoms. The highest BCUT2D eigenvalue weighted by Gasteiger charge is 2.33. The van der Waals surface area contributed by atoms with Gasteiger partial charge in [-0.3, -0.25) is 4.79 Å². The topological polar surface area (TPSA) is 66.4 Å². The Balaban J connectivity index is 2.16. The van der Waals surface area contributed by atoms with Gasteiger partial charge >= 0.3 is 5.97 Å². The first-order valence-electron chi connectivity index (χ1n) is 6.21. The Labute approximate surface area is 120 Å². The number of nitrogens with one attached hydrogen (secondary N) is 1. The predicted octanol–water partition coefficient (Wildman–Crippen LogP) is 2.52. The SMILES string of the molecule is CCC(C)(NC(=O)c1cc2c(s1)CCSC2)C(=O)O. The fourth-order valence-electron chi connectivity index (χ4n) is 1.86. The molecular formula is C13H17NO3S2. The Bertz CT molecular complexity index is 488. The van der Waals surface area contributed by atoms with Crippen molar-refractivity contribution >= 4 is 35.0 Å². The van der Waals surface area contributed by atoms with Crippen molar-refractivity contribution in [2.75, 3.05) is 5.75 Å². The van der Waals surface area contributed by atoms with Crippen LogP contribution in [0.2, 0.25) is 0 Å². The summed E-state index contributed by atoms with van der Waals surface area (Å²) in [6.07, 6.45) is 1.36. The van der Waals surface area contributed by atoms with Crippen LogP contribution in [0.25, 0.3) is 0 Å². The molecule has 1 atom stereocenters. The molecule has 0 saturated heterocycles. The summed E-state index contributed by atoms with van der Waals surface area (Å²) in [5, 5.41) is 11.8. The number of thioether (sulfide) groups is 1. The van der Waals surface area contributed by atoms with Gasteiger partial charge in [0.15, 0.2) is 0 Å². The number of aliphatic carboxylic acids is 1. The van der Waals surface area contributed by atoms with Crippen LogP contribution >= 0.6 is 23.1 Å². The Morgan fingerprint density at radius 3 is 2.84 bits per heavy atom. The third-order valence-electron chi connectivity index (χ3n) is 3.42. The predicted molar refractivity (Wildman–Crippen MR) is 78.0 cm³/mol. The monoisotopic (exact) mass is 299 g/mol. The van der Waals surface area contributed by atoms with E-state index in [0.29, 0.717) is 11.3 Å². The highest BCUT2D eigenvalue weighted by Crippen LogP contribution is 2.31. The third-order valence-corrected chi connectivity index (χ3v) is 5.66. The lowest BCUT2D eigenvalue weighted by Gasteiger charge is -2.24. The Morgan fingerprint density at radius 2 is 2.26 bits per heavy atom. The first kappa shape index (κ1) is 14.4. The lowest BCUT2D eigenvalue weighted by atomic mass is 9.99. The maximum Gasteiger partial charge on any atom is 0.329 e. The van der Waals surface area contributed by atoms with Gasteiger partial charge in [-0.05, 0) is 37.1 Å². The smallest absolute Gasteiger partial charge is 0.329 e. The minimum atomic E-state index is -1.20. The molecule has 0 aliphatic carbocycles. The van der Waals surface area contributed by atoms with Gasteiger partial charge in [-0.2, -0.15) is 11.8 Å². The van der Waals surface area contributed by atoms with E-state index in [1.807, 2.05) is 17.8 Å². The van der Waals surface area contributed by atoms with Crippen LogP contribution < -0.4 is 5.32 Å². The van der Waals surface area contributed by atoms with E-state index in [1.165, 1.54) is 28.7 Å².